The van der Waals surface area contributed by atoms with E-state index >= 15 is 0 Å². The van der Waals surface area contributed by atoms with Crippen LogP contribution in [0.25, 0.3) is 0 Å². The van der Waals surface area contributed by atoms with Crippen LogP contribution in [-0.2, 0) is 4.74 Å². The van der Waals surface area contributed by atoms with Crippen molar-refractivity contribution >= 4 is 0 Å². The van der Waals surface area contributed by atoms with E-state index in [-0.39, 0.29) is 0 Å². The second-order valence-electron chi connectivity index (χ2n) is 4.45. The molecule has 2 nitrogen and oxygen atoms in total. The summed E-state index contributed by atoms with van der Waals surface area (Å²) in [7, 11) is 1.78. The van der Waals surface area contributed by atoms with Crippen molar-refractivity contribution in [3.05, 3.63) is 0 Å². The highest BCUT2D eigenvalue weighted by atomic mass is 16.5. The molecule has 3 atom stereocenters. The first-order valence-corrected chi connectivity index (χ1v) is 5.46. The number of hydrogen-bond donors (Lipinski definition) is 1. The summed E-state index contributed by atoms with van der Waals surface area (Å²) in [4.78, 5) is 0. The van der Waals surface area contributed by atoms with Gasteiger partial charge in [0.05, 0.1) is 0 Å². The Kier molecular flexibility index (Phi) is 4.74. The zero-order valence-corrected chi connectivity index (χ0v) is 9.18. The largest absolute Gasteiger partial charge is 0.385 e. The third-order valence-corrected chi connectivity index (χ3v) is 3.16. The number of rotatable bonds is 4. The second-order valence-corrected chi connectivity index (χ2v) is 4.45. The molecule has 1 saturated heterocycles. The molecule has 0 aliphatic carbocycles. The summed E-state index contributed by atoms with van der Waals surface area (Å²) >= 11 is 0. The van der Waals surface area contributed by atoms with Gasteiger partial charge in [0.25, 0.3) is 0 Å². The minimum atomic E-state index is 0.721. The third kappa shape index (κ3) is 3.65. The molecule has 1 heterocycles. The lowest BCUT2D eigenvalue weighted by Gasteiger charge is -2.32. The summed E-state index contributed by atoms with van der Waals surface area (Å²) in [6.45, 7) is 6.78. The predicted molar refractivity (Wildman–Crippen MR) is 55.8 cm³/mol. The van der Waals surface area contributed by atoms with Crippen LogP contribution in [0.2, 0.25) is 0 Å². The molecule has 3 unspecified atom stereocenters. The van der Waals surface area contributed by atoms with Crippen LogP contribution in [0.15, 0.2) is 0 Å². The van der Waals surface area contributed by atoms with Gasteiger partial charge in [-0.05, 0) is 37.6 Å². The fourth-order valence-corrected chi connectivity index (χ4v) is 2.09. The van der Waals surface area contributed by atoms with E-state index in [4.69, 9.17) is 4.74 Å². The van der Waals surface area contributed by atoms with E-state index in [1.165, 1.54) is 25.8 Å². The summed E-state index contributed by atoms with van der Waals surface area (Å²) in [5, 5.41) is 3.60. The molecule has 1 aliphatic heterocycles. The van der Waals surface area contributed by atoms with Crippen molar-refractivity contribution in [1.29, 1.82) is 0 Å². The van der Waals surface area contributed by atoms with E-state index in [0.29, 0.717) is 0 Å². The molecule has 0 aromatic rings. The maximum Gasteiger partial charge on any atom is 0.0465 e. The van der Waals surface area contributed by atoms with E-state index in [2.05, 4.69) is 19.2 Å². The number of ether oxygens (including phenoxy) is 1. The summed E-state index contributed by atoms with van der Waals surface area (Å²) in [5.74, 6) is 1.65. The van der Waals surface area contributed by atoms with E-state index in [9.17, 15) is 0 Å². The molecule has 0 radical (unpaired) electrons. The monoisotopic (exact) mass is 185 g/mol. The van der Waals surface area contributed by atoms with E-state index in [1.807, 2.05) is 0 Å². The minimum absolute atomic E-state index is 0.721. The predicted octanol–water partition coefficient (Wildman–Crippen LogP) is 2.05. The first-order chi connectivity index (χ1) is 6.24. The van der Waals surface area contributed by atoms with Crippen LogP contribution in [0.3, 0.4) is 0 Å². The molecular weight excluding hydrogens is 162 g/mol. The van der Waals surface area contributed by atoms with E-state index < -0.39 is 0 Å². The highest BCUT2D eigenvalue weighted by Crippen LogP contribution is 2.21. The Morgan fingerprint density at radius 3 is 2.92 bits per heavy atom. The van der Waals surface area contributed by atoms with Gasteiger partial charge in [-0.1, -0.05) is 13.8 Å². The van der Waals surface area contributed by atoms with Crippen molar-refractivity contribution < 1.29 is 4.74 Å². The molecule has 0 saturated carbocycles. The smallest absolute Gasteiger partial charge is 0.0465 e. The van der Waals surface area contributed by atoms with Gasteiger partial charge in [-0.25, -0.2) is 0 Å². The highest BCUT2D eigenvalue weighted by molar-refractivity contribution is 4.80. The Balaban J connectivity index is 2.24. The van der Waals surface area contributed by atoms with Crippen LogP contribution < -0.4 is 5.32 Å². The summed E-state index contributed by atoms with van der Waals surface area (Å²) < 4.78 is 5.10. The Labute approximate surface area is 82.0 Å². The molecule has 78 valence electrons. The van der Waals surface area contributed by atoms with Gasteiger partial charge in [0.1, 0.15) is 0 Å². The molecule has 1 N–H and O–H groups in total. The quantitative estimate of drug-likeness (QED) is 0.723. The Morgan fingerprint density at radius 2 is 2.31 bits per heavy atom. The van der Waals surface area contributed by atoms with Crippen LogP contribution in [0.5, 0.6) is 0 Å². The molecule has 0 amide bonds. The third-order valence-electron chi connectivity index (χ3n) is 3.16. The van der Waals surface area contributed by atoms with Gasteiger partial charge >= 0.3 is 0 Å². The van der Waals surface area contributed by atoms with Gasteiger partial charge in [0.2, 0.25) is 0 Å². The molecule has 2 heteroatoms. The Hall–Kier alpha value is -0.0800. The molecule has 1 rings (SSSR count). The van der Waals surface area contributed by atoms with Crippen molar-refractivity contribution in [3.63, 3.8) is 0 Å². The fraction of sp³-hybridized carbons (Fsp3) is 1.00. The highest BCUT2D eigenvalue weighted by Gasteiger charge is 2.22. The van der Waals surface area contributed by atoms with Gasteiger partial charge in [0.15, 0.2) is 0 Å². The van der Waals surface area contributed by atoms with Crippen LogP contribution >= 0.6 is 0 Å². The zero-order valence-electron chi connectivity index (χ0n) is 9.18. The molecule has 0 aromatic heterocycles. The molecule has 0 aromatic carbocycles. The minimum Gasteiger partial charge on any atom is -0.385 e. The lowest BCUT2D eigenvalue weighted by molar-refractivity contribution is 0.158. The lowest BCUT2D eigenvalue weighted by Crippen LogP contribution is -2.41. The number of methoxy groups -OCH3 is 1. The second kappa shape index (κ2) is 5.61. The topological polar surface area (TPSA) is 21.3 Å². The van der Waals surface area contributed by atoms with Crippen molar-refractivity contribution in [2.24, 2.45) is 11.8 Å². The molecular formula is C11H23NO. The van der Waals surface area contributed by atoms with Crippen molar-refractivity contribution in [3.8, 4) is 0 Å². The number of nitrogens with one attached hydrogen (secondary N) is 1. The van der Waals surface area contributed by atoms with Crippen LogP contribution in [0.4, 0.5) is 0 Å². The number of hydrogen-bond acceptors (Lipinski definition) is 2. The van der Waals surface area contributed by atoms with Crippen molar-refractivity contribution in [1.82, 2.24) is 5.32 Å². The van der Waals surface area contributed by atoms with E-state index in [1.54, 1.807) is 7.11 Å². The lowest BCUT2D eigenvalue weighted by atomic mass is 9.86. The standard InChI is InChI=1S/C11H23NO/c1-9-4-6-12-11(8-9)10(2)5-7-13-3/h9-12H,4-8H2,1-3H3. The Morgan fingerprint density at radius 1 is 1.54 bits per heavy atom. The molecule has 1 fully saturated rings. The SMILES string of the molecule is COCCC(C)C1CC(C)CCN1. The van der Waals surface area contributed by atoms with Gasteiger partial charge in [-0.15, -0.1) is 0 Å². The normalized spacial score (nSPS) is 31.6. The number of piperidine rings is 1. The van der Waals surface area contributed by atoms with Crippen LogP contribution in [-0.4, -0.2) is 26.3 Å². The maximum atomic E-state index is 5.10. The molecule has 13 heavy (non-hydrogen) atoms. The molecule has 0 spiro atoms. The van der Waals surface area contributed by atoms with Gasteiger partial charge in [0, 0.05) is 19.8 Å². The van der Waals surface area contributed by atoms with Gasteiger partial charge in [-0.2, -0.15) is 0 Å². The summed E-state index contributed by atoms with van der Waals surface area (Å²) in [5.41, 5.74) is 0. The summed E-state index contributed by atoms with van der Waals surface area (Å²) in [6.07, 6.45) is 3.86. The summed E-state index contributed by atoms with van der Waals surface area (Å²) in [6, 6.07) is 0.721. The average molecular weight is 185 g/mol. The fourth-order valence-electron chi connectivity index (χ4n) is 2.09. The average Bonchev–Trinajstić information content (AvgIpc) is 2.14. The van der Waals surface area contributed by atoms with Gasteiger partial charge < -0.3 is 10.1 Å². The van der Waals surface area contributed by atoms with Crippen molar-refractivity contribution in [2.45, 2.75) is 39.2 Å². The molecule has 1 aliphatic rings. The van der Waals surface area contributed by atoms with Crippen LogP contribution in [0, 0.1) is 11.8 Å². The Bertz CT molecular complexity index is 138. The van der Waals surface area contributed by atoms with Crippen LogP contribution in [0.1, 0.15) is 33.1 Å². The van der Waals surface area contributed by atoms with Gasteiger partial charge in [-0.3, -0.25) is 0 Å². The van der Waals surface area contributed by atoms with Crippen molar-refractivity contribution in [2.75, 3.05) is 20.3 Å². The zero-order chi connectivity index (χ0) is 9.68. The first-order valence-electron chi connectivity index (χ1n) is 5.46. The first kappa shape index (κ1) is 11.0. The molecule has 0 bridgehead atoms. The van der Waals surface area contributed by atoms with E-state index in [0.717, 1.165) is 24.5 Å². The maximum absolute atomic E-state index is 5.10.